The van der Waals surface area contributed by atoms with Crippen molar-refractivity contribution in [3.8, 4) is 22.6 Å². The van der Waals surface area contributed by atoms with Gasteiger partial charge in [-0.05, 0) is 43.7 Å². The Morgan fingerprint density at radius 2 is 1.73 bits per heavy atom. The van der Waals surface area contributed by atoms with E-state index in [4.69, 9.17) is 14.2 Å². The maximum absolute atomic E-state index is 12.7. The molecule has 1 unspecified atom stereocenters. The van der Waals surface area contributed by atoms with Crippen LogP contribution >= 0.6 is 11.3 Å². The van der Waals surface area contributed by atoms with Gasteiger partial charge in [0.2, 0.25) is 0 Å². The number of rotatable bonds is 8. The Bertz CT molecular complexity index is 998. The molecule has 2 aromatic carbocycles. The monoisotopic (exact) mass is 425 g/mol. The fourth-order valence-corrected chi connectivity index (χ4v) is 3.77. The number of hydrogen-bond acceptors (Lipinski definition) is 6. The summed E-state index contributed by atoms with van der Waals surface area (Å²) in [7, 11) is 1.59. The van der Waals surface area contributed by atoms with Crippen LogP contribution in [-0.2, 0) is 9.53 Å². The molecule has 0 spiro atoms. The zero-order chi connectivity index (χ0) is 21.5. The highest BCUT2D eigenvalue weighted by Gasteiger charge is 2.25. The Hall–Kier alpha value is -3.32. The Balaban J connectivity index is 1.85. The SMILES string of the molecule is CCOC(=O)c1c(-c2ccc(OC)cc2)csc1NC(=O)C(C)Oc1ccccc1. The molecular formula is C23H23NO5S. The summed E-state index contributed by atoms with van der Waals surface area (Å²) < 4.78 is 16.1. The van der Waals surface area contributed by atoms with Crippen molar-refractivity contribution in [3.63, 3.8) is 0 Å². The van der Waals surface area contributed by atoms with Crippen LogP contribution in [0.2, 0.25) is 0 Å². The zero-order valence-corrected chi connectivity index (χ0v) is 17.8. The molecule has 0 aliphatic heterocycles. The van der Waals surface area contributed by atoms with Gasteiger partial charge >= 0.3 is 5.97 Å². The fourth-order valence-electron chi connectivity index (χ4n) is 2.81. The quantitative estimate of drug-likeness (QED) is 0.514. The van der Waals surface area contributed by atoms with Gasteiger partial charge in [0.25, 0.3) is 5.91 Å². The van der Waals surface area contributed by atoms with E-state index in [1.54, 1.807) is 33.1 Å². The highest BCUT2D eigenvalue weighted by Crippen LogP contribution is 2.37. The Labute approximate surface area is 179 Å². The molecule has 1 aromatic heterocycles. The number of methoxy groups -OCH3 is 1. The molecule has 0 aliphatic rings. The molecule has 156 valence electrons. The first-order valence-corrected chi connectivity index (χ1v) is 10.4. The van der Waals surface area contributed by atoms with Crippen LogP contribution in [0.1, 0.15) is 24.2 Å². The topological polar surface area (TPSA) is 73.9 Å². The van der Waals surface area contributed by atoms with Crippen molar-refractivity contribution < 1.29 is 23.8 Å². The maximum Gasteiger partial charge on any atom is 0.341 e. The second kappa shape index (κ2) is 9.93. The third-order valence-electron chi connectivity index (χ3n) is 4.33. The van der Waals surface area contributed by atoms with Gasteiger partial charge in [-0.1, -0.05) is 30.3 Å². The molecule has 3 rings (SSSR count). The van der Waals surface area contributed by atoms with Crippen LogP contribution in [0, 0.1) is 0 Å². The number of para-hydroxylation sites is 1. The molecule has 30 heavy (non-hydrogen) atoms. The first-order chi connectivity index (χ1) is 14.5. The molecule has 1 N–H and O–H groups in total. The van der Waals surface area contributed by atoms with Crippen molar-refractivity contribution in [3.05, 3.63) is 65.5 Å². The second-order valence-corrected chi connectivity index (χ2v) is 7.24. The number of thiophene rings is 1. The summed E-state index contributed by atoms with van der Waals surface area (Å²) in [6.07, 6.45) is -0.742. The smallest absolute Gasteiger partial charge is 0.341 e. The fraction of sp³-hybridized carbons (Fsp3) is 0.217. The van der Waals surface area contributed by atoms with Crippen LogP contribution in [0.5, 0.6) is 11.5 Å². The standard InChI is InChI=1S/C23H23NO5S/c1-4-28-23(26)20-19(16-10-12-17(27-3)13-11-16)14-30-22(20)24-21(25)15(2)29-18-8-6-5-7-9-18/h5-15H,4H2,1-3H3,(H,24,25). The average Bonchev–Trinajstić information content (AvgIpc) is 3.18. The lowest BCUT2D eigenvalue weighted by Crippen LogP contribution is -2.30. The van der Waals surface area contributed by atoms with Crippen molar-refractivity contribution in [1.82, 2.24) is 0 Å². The van der Waals surface area contributed by atoms with Crippen LogP contribution in [-0.4, -0.2) is 31.7 Å². The summed E-state index contributed by atoms with van der Waals surface area (Å²) in [5.74, 6) is 0.465. The van der Waals surface area contributed by atoms with Crippen molar-refractivity contribution in [2.45, 2.75) is 20.0 Å². The van der Waals surface area contributed by atoms with Crippen LogP contribution in [0.3, 0.4) is 0 Å². The number of carbonyl (C=O) groups excluding carboxylic acids is 2. The summed E-state index contributed by atoms with van der Waals surface area (Å²) in [4.78, 5) is 25.3. The van der Waals surface area contributed by atoms with E-state index in [0.717, 1.165) is 5.56 Å². The average molecular weight is 426 g/mol. The first-order valence-electron chi connectivity index (χ1n) is 9.49. The lowest BCUT2D eigenvalue weighted by Gasteiger charge is -2.15. The number of esters is 1. The normalized spacial score (nSPS) is 11.4. The van der Waals surface area contributed by atoms with Gasteiger partial charge in [0.05, 0.1) is 13.7 Å². The minimum absolute atomic E-state index is 0.234. The van der Waals surface area contributed by atoms with E-state index in [-0.39, 0.29) is 12.5 Å². The van der Waals surface area contributed by atoms with E-state index < -0.39 is 12.1 Å². The summed E-state index contributed by atoms with van der Waals surface area (Å²) in [6, 6.07) is 16.4. The maximum atomic E-state index is 12.7. The molecule has 7 heteroatoms. The molecule has 1 atom stereocenters. The number of anilines is 1. The van der Waals surface area contributed by atoms with E-state index >= 15 is 0 Å². The number of nitrogens with one attached hydrogen (secondary N) is 1. The lowest BCUT2D eigenvalue weighted by atomic mass is 10.0. The van der Waals surface area contributed by atoms with Crippen molar-refractivity contribution in [1.29, 1.82) is 0 Å². The van der Waals surface area contributed by atoms with Crippen molar-refractivity contribution in [2.75, 3.05) is 19.0 Å². The van der Waals surface area contributed by atoms with E-state index in [1.165, 1.54) is 11.3 Å². The van der Waals surface area contributed by atoms with E-state index in [1.807, 2.05) is 47.8 Å². The largest absolute Gasteiger partial charge is 0.497 e. The van der Waals surface area contributed by atoms with Gasteiger partial charge in [-0.2, -0.15) is 0 Å². The number of carbonyl (C=O) groups is 2. The predicted molar refractivity (Wildman–Crippen MR) is 117 cm³/mol. The summed E-state index contributed by atoms with van der Waals surface area (Å²) in [5, 5.41) is 5.06. The molecule has 0 saturated carbocycles. The molecule has 6 nitrogen and oxygen atoms in total. The first kappa shape index (κ1) is 21.4. The molecule has 0 radical (unpaired) electrons. The van der Waals surface area contributed by atoms with Gasteiger partial charge in [0.15, 0.2) is 6.10 Å². The highest BCUT2D eigenvalue weighted by molar-refractivity contribution is 7.15. The Morgan fingerprint density at radius 1 is 1.03 bits per heavy atom. The van der Waals surface area contributed by atoms with Crippen LogP contribution < -0.4 is 14.8 Å². The minimum Gasteiger partial charge on any atom is -0.497 e. The summed E-state index contributed by atoms with van der Waals surface area (Å²) in [6.45, 7) is 3.63. The van der Waals surface area contributed by atoms with E-state index in [9.17, 15) is 9.59 Å². The Morgan fingerprint density at radius 3 is 2.37 bits per heavy atom. The number of amides is 1. The van der Waals surface area contributed by atoms with Gasteiger partial charge in [0, 0.05) is 10.9 Å². The number of ether oxygens (including phenoxy) is 3. The molecule has 0 aliphatic carbocycles. The van der Waals surface area contributed by atoms with Crippen LogP contribution in [0.15, 0.2) is 60.0 Å². The molecule has 3 aromatic rings. The predicted octanol–water partition coefficient (Wildman–Crippen LogP) is 5.01. The van der Waals surface area contributed by atoms with Crippen LogP contribution in [0.4, 0.5) is 5.00 Å². The number of benzene rings is 2. The minimum atomic E-state index is -0.742. The summed E-state index contributed by atoms with van der Waals surface area (Å²) >= 11 is 1.27. The second-order valence-electron chi connectivity index (χ2n) is 6.36. The molecular weight excluding hydrogens is 402 g/mol. The number of hydrogen-bond donors (Lipinski definition) is 1. The molecule has 1 amide bonds. The Kier molecular flexibility index (Phi) is 7.08. The van der Waals surface area contributed by atoms with Gasteiger partial charge < -0.3 is 19.5 Å². The van der Waals surface area contributed by atoms with Gasteiger partial charge in [-0.25, -0.2) is 4.79 Å². The lowest BCUT2D eigenvalue weighted by molar-refractivity contribution is -0.122. The van der Waals surface area contributed by atoms with Gasteiger partial charge in [0.1, 0.15) is 22.1 Å². The molecule has 0 saturated heterocycles. The molecule has 0 fully saturated rings. The van der Waals surface area contributed by atoms with Crippen molar-refractivity contribution >= 4 is 28.2 Å². The molecule has 1 heterocycles. The van der Waals surface area contributed by atoms with Crippen LogP contribution in [0.25, 0.3) is 11.1 Å². The van der Waals surface area contributed by atoms with Gasteiger partial charge in [-0.15, -0.1) is 11.3 Å². The molecule has 0 bridgehead atoms. The highest BCUT2D eigenvalue weighted by atomic mass is 32.1. The van der Waals surface area contributed by atoms with Crippen molar-refractivity contribution in [2.24, 2.45) is 0 Å². The van der Waals surface area contributed by atoms with E-state index in [0.29, 0.717) is 27.6 Å². The van der Waals surface area contributed by atoms with E-state index in [2.05, 4.69) is 5.32 Å². The zero-order valence-electron chi connectivity index (χ0n) is 17.0. The van der Waals surface area contributed by atoms with Gasteiger partial charge in [-0.3, -0.25) is 4.79 Å². The summed E-state index contributed by atoms with van der Waals surface area (Å²) in [5.41, 5.74) is 1.84. The third kappa shape index (κ3) is 4.99. The third-order valence-corrected chi connectivity index (χ3v) is 5.23.